The van der Waals surface area contributed by atoms with Crippen LogP contribution in [-0.2, 0) is 14.3 Å². The molecule has 0 aliphatic heterocycles. The van der Waals surface area contributed by atoms with E-state index in [2.05, 4.69) is 55.6 Å². The minimum Gasteiger partial charge on any atom is -0.466 e. The third kappa shape index (κ3) is 63.1. The summed E-state index contributed by atoms with van der Waals surface area (Å²) in [6, 6.07) is -0.554. The zero-order valence-electron chi connectivity index (χ0n) is 52.0. The number of ether oxygens (including phenoxy) is 1. The van der Waals surface area contributed by atoms with E-state index in [4.69, 9.17) is 4.74 Å². The topological polar surface area (TPSA) is 95.9 Å². The number of unbranched alkanes of at least 4 members (excludes halogenated alkanes) is 48. The molecule has 77 heavy (non-hydrogen) atoms. The molecule has 0 fully saturated rings. The van der Waals surface area contributed by atoms with Crippen LogP contribution in [0.2, 0.25) is 0 Å². The number of allylic oxidation sites excluding steroid dienone is 6. The van der Waals surface area contributed by atoms with Crippen LogP contribution in [0.1, 0.15) is 380 Å². The van der Waals surface area contributed by atoms with Crippen molar-refractivity contribution in [1.29, 1.82) is 0 Å². The van der Waals surface area contributed by atoms with Crippen molar-refractivity contribution in [3.05, 3.63) is 36.5 Å². The first-order valence-electron chi connectivity index (χ1n) is 34.7. The minimum atomic E-state index is -0.675. The lowest BCUT2D eigenvalue weighted by Gasteiger charge is -2.22. The molecule has 6 heteroatoms. The Morgan fingerprint density at radius 1 is 0.364 bits per heavy atom. The van der Waals surface area contributed by atoms with Crippen LogP contribution in [0.15, 0.2) is 36.5 Å². The van der Waals surface area contributed by atoms with Crippen molar-refractivity contribution >= 4 is 11.9 Å². The summed E-state index contributed by atoms with van der Waals surface area (Å²) in [7, 11) is 0. The lowest BCUT2D eigenvalue weighted by atomic mass is 10.0. The van der Waals surface area contributed by atoms with E-state index in [9.17, 15) is 19.8 Å². The van der Waals surface area contributed by atoms with Gasteiger partial charge in [0.05, 0.1) is 25.4 Å². The molecule has 3 N–H and O–H groups in total. The van der Waals surface area contributed by atoms with Crippen LogP contribution in [0.3, 0.4) is 0 Å². The molecule has 2 atom stereocenters. The highest BCUT2D eigenvalue weighted by atomic mass is 16.5. The van der Waals surface area contributed by atoms with Gasteiger partial charge in [-0.25, -0.2) is 0 Å². The van der Waals surface area contributed by atoms with Gasteiger partial charge in [-0.3, -0.25) is 9.59 Å². The summed E-state index contributed by atoms with van der Waals surface area (Å²) in [4.78, 5) is 24.6. The summed E-state index contributed by atoms with van der Waals surface area (Å²) in [5, 5.41) is 23.4. The Morgan fingerprint density at radius 2 is 0.649 bits per heavy atom. The summed E-state index contributed by atoms with van der Waals surface area (Å²) in [5.74, 6) is -0.0495. The van der Waals surface area contributed by atoms with E-state index in [0.29, 0.717) is 25.9 Å². The maximum atomic E-state index is 12.5. The maximum Gasteiger partial charge on any atom is 0.305 e. The van der Waals surface area contributed by atoms with Crippen molar-refractivity contribution in [3.8, 4) is 0 Å². The normalized spacial score (nSPS) is 12.7. The molecule has 0 radical (unpaired) electrons. The minimum absolute atomic E-state index is 0.00395. The quantitative estimate of drug-likeness (QED) is 0.0320. The number of nitrogens with one attached hydrogen (secondary N) is 1. The van der Waals surface area contributed by atoms with Gasteiger partial charge in [-0.05, 0) is 83.5 Å². The van der Waals surface area contributed by atoms with Crippen LogP contribution < -0.4 is 5.32 Å². The Morgan fingerprint density at radius 3 is 1.03 bits per heavy atom. The van der Waals surface area contributed by atoms with E-state index < -0.39 is 12.1 Å². The fourth-order valence-corrected chi connectivity index (χ4v) is 10.8. The van der Waals surface area contributed by atoms with Gasteiger partial charge in [0, 0.05) is 12.8 Å². The predicted octanol–water partition coefficient (Wildman–Crippen LogP) is 22.3. The summed E-state index contributed by atoms with van der Waals surface area (Å²) >= 11 is 0. The summed E-state index contributed by atoms with van der Waals surface area (Å²) in [6.07, 6.45) is 84.6. The van der Waals surface area contributed by atoms with E-state index in [1.54, 1.807) is 0 Å². The van der Waals surface area contributed by atoms with E-state index in [1.165, 1.54) is 283 Å². The van der Waals surface area contributed by atoms with Crippen molar-refractivity contribution in [2.45, 2.75) is 392 Å². The van der Waals surface area contributed by atoms with E-state index >= 15 is 0 Å². The van der Waals surface area contributed by atoms with E-state index in [0.717, 1.165) is 64.2 Å². The molecule has 0 aromatic rings. The number of aliphatic hydroxyl groups excluding tert-OH is 2. The lowest BCUT2D eigenvalue weighted by Crippen LogP contribution is -2.45. The Kier molecular flexibility index (Phi) is 64.9. The average molecular weight is 1080 g/mol. The Hall–Kier alpha value is -1.92. The molecule has 0 saturated heterocycles. The molecule has 0 aromatic heterocycles. The molecule has 0 bridgehead atoms. The van der Waals surface area contributed by atoms with Crippen LogP contribution in [0.4, 0.5) is 0 Å². The molecule has 0 spiro atoms. The zero-order valence-corrected chi connectivity index (χ0v) is 52.0. The molecule has 454 valence electrons. The van der Waals surface area contributed by atoms with Gasteiger partial charge in [0.1, 0.15) is 0 Å². The molecule has 1 amide bonds. The van der Waals surface area contributed by atoms with Crippen molar-refractivity contribution in [3.63, 3.8) is 0 Å². The summed E-state index contributed by atoms with van der Waals surface area (Å²) < 4.78 is 5.49. The summed E-state index contributed by atoms with van der Waals surface area (Å²) in [6.45, 7) is 4.94. The van der Waals surface area contributed by atoms with E-state index in [1.807, 2.05) is 0 Å². The van der Waals surface area contributed by atoms with Gasteiger partial charge in [0.15, 0.2) is 0 Å². The predicted molar refractivity (Wildman–Crippen MR) is 338 cm³/mol. The molecule has 0 aliphatic rings. The number of amides is 1. The van der Waals surface area contributed by atoms with Gasteiger partial charge in [-0.15, -0.1) is 0 Å². The van der Waals surface area contributed by atoms with E-state index in [-0.39, 0.29) is 18.5 Å². The molecule has 0 aliphatic carbocycles. The zero-order chi connectivity index (χ0) is 55.7. The Balaban J connectivity index is 3.44. The van der Waals surface area contributed by atoms with Gasteiger partial charge >= 0.3 is 5.97 Å². The molecule has 6 nitrogen and oxygen atoms in total. The van der Waals surface area contributed by atoms with Gasteiger partial charge in [-0.2, -0.15) is 0 Å². The first kappa shape index (κ1) is 75.1. The highest BCUT2D eigenvalue weighted by Gasteiger charge is 2.20. The summed E-state index contributed by atoms with van der Waals surface area (Å²) in [5.41, 5.74) is 0. The van der Waals surface area contributed by atoms with Gasteiger partial charge in [-0.1, -0.05) is 320 Å². The van der Waals surface area contributed by atoms with Gasteiger partial charge in [0.25, 0.3) is 0 Å². The van der Waals surface area contributed by atoms with Crippen molar-refractivity contribution in [1.82, 2.24) is 5.32 Å². The van der Waals surface area contributed by atoms with Crippen molar-refractivity contribution < 1.29 is 24.5 Å². The molecule has 0 rings (SSSR count). The number of carbonyl (C=O) groups excluding carboxylic acids is 2. The number of hydrogen-bond acceptors (Lipinski definition) is 5. The number of hydrogen-bond donors (Lipinski definition) is 3. The highest BCUT2D eigenvalue weighted by molar-refractivity contribution is 5.76. The number of aliphatic hydroxyl groups is 2. The van der Waals surface area contributed by atoms with Crippen LogP contribution in [0.5, 0.6) is 0 Å². The maximum absolute atomic E-state index is 12.5. The first-order chi connectivity index (χ1) is 38.0. The third-order valence-corrected chi connectivity index (χ3v) is 16.2. The number of rotatable bonds is 65. The smallest absolute Gasteiger partial charge is 0.305 e. The molecule has 2 unspecified atom stereocenters. The fourth-order valence-electron chi connectivity index (χ4n) is 10.8. The molecular formula is C71H135NO5. The molecule has 0 heterocycles. The first-order valence-corrected chi connectivity index (χ1v) is 34.7. The average Bonchev–Trinajstić information content (AvgIpc) is 3.43. The number of carbonyl (C=O) groups is 2. The second-order valence-electron chi connectivity index (χ2n) is 23.9. The molecule has 0 aromatic carbocycles. The Labute approximate surface area is 481 Å². The fraction of sp³-hybridized carbons (Fsp3) is 0.887. The molecular weight excluding hydrogens is 947 g/mol. The monoisotopic (exact) mass is 1080 g/mol. The second-order valence-corrected chi connectivity index (χ2v) is 23.9. The Bertz CT molecular complexity index is 1250. The van der Waals surface area contributed by atoms with Crippen LogP contribution in [-0.4, -0.2) is 47.4 Å². The molecule has 0 saturated carbocycles. The van der Waals surface area contributed by atoms with Crippen molar-refractivity contribution in [2.24, 2.45) is 0 Å². The second kappa shape index (κ2) is 66.6. The van der Waals surface area contributed by atoms with Crippen molar-refractivity contribution in [2.75, 3.05) is 13.2 Å². The third-order valence-electron chi connectivity index (χ3n) is 16.2. The van der Waals surface area contributed by atoms with Gasteiger partial charge < -0.3 is 20.3 Å². The largest absolute Gasteiger partial charge is 0.466 e. The van der Waals surface area contributed by atoms with Crippen LogP contribution >= 0.6 is 0 Å². The lowest BCUT2D eigenvalue weighted by molar-refractivity contribution is -0.143. The SMILES string of the molecule is CCCCC/C=C\C/C=C\CCCCCCCCCC(=O)OCCCCCCCCCCC/C=C\CCCCCCCC(=O)NC(CO)C(O)CCCCCCCCCCCCCCCCCCCCCCCCCCC. The van der Waals surface area contributed by atoms with Gasteiger partial charge in [0.2, 0.25) is 5.91 Å². The van der Waals surface area contributed by atoms with Crippen LogP contribution in [0, 0.1) is 0 Å². The highest BCUT2D eigenvalue weighted by Crippen LogP contribution is 2.18. The number of esters is 1. The van der Waals surface area contributed by atoms with Crippen LogP contribution in [0.25, 0.3) is 0 Å². The standard InChI is InChI=1S/C71H135NO5/c1-3-5-7-9-11-13-15-17-19-21-22-23-24-25-26-27-28-32-35-39-43-47-51-55-59-63-69(74)68(67-73)72-70(75)64-60-56-52-48-44-40-36-33-29-30-34-38-42-46-50-54-58-62-66-77-71(76)65-61-57-53-49-45-41-37-31-20-18-16-14-12-10-8-6-4-2/h12,14,18,20,33,36,68-69,73-74H,3-11,13,15-17,19,21-32,34-35,37-67H2,1-2H3,(H,72,75)/b14-12-,20-18-,36-33-.